The minimum Gasteiger partial charge on any atom is -0.479 e. The average molecular weight is 289 g/mol. The Balaban J connectivity index is 0.000000370. The maximum absolute atomic E-state index is 10.6. The van der Waals surface area contributed by atoms with Crippen LogP contribution in [0.3, 0.4) is 0 Å². The summed E-state index contributed by atoms with van der Waals surface area (Å²) in [6.45, 7) is 3.75. The number of ether oxygens (including phenoxy) is 1. The van der Waals surface area contributed by atoms with Crippen LogP contribution in [0.1, 0.15) is 46.0 Å². The molecule has 0 spiro atoms. The number of aliphatic carboxylic acids is 1. The van der Waals surface area contributed by atoms with Gasteiger partial charge in [0.15, 0.2) is 6.10 Å². The Hall–Kier alpha value is -1.14. The van der Waals surface area contributed by atoms with Gasteiger partial charge in [-0.15, -0.1) is 0 Å². The van der Waals surface area contributed by atoms with Gasteiger partial charge in [0, 0.05) is 0 Å². The molecular weight excluding hydrogens is 262 g/mol. The molecule has 1 aliphatic rings. The third-order valence-electron chi connectivity index (χ3n) is 3.54. The number of hydrogen-bond donors (Lipinski definition) is 3. The van der Waals surface area contributed by atoms with E-state index in [0.29, 0.717) is 0 Å². The molecule has 0 aromatic carbocycles. The second-order valence-electron chi connectivity index (χ2n) is 5.47. The van der Waals surface area contributed by atoms with Gasteiger partial charge in [-0.3, -0.25) is 4.79 Å². The topological polar surface area (TPSA) is 110 Å². The summed E-state index contributed by atoms with van der Waals surface area (Å²) >= 11 is 0. The summed E-state index contributed by atoms with van der Waals surface area (Å²) in [7, 11) is 1.34. The fourth-order valence-electron chi connectivity index (χ4n) is 2.06. The molecule has 0 aromatic heterocycles. The van der Waals surface area contributed by atoms with Crippen molar-refractivity contribution in [2.45, 2.75) is 58.1 Å². The first kappa shape index (κ1) is 18.9. The second kappa shape index (κ2) is 9.72. The van der Waals surface area contributed by atoms with E-state index in [-0.39, 0.29) is 17.8 Å². The van der Waals surface area contributed by atoms with Crippen molar-refractivity contribution in [3.05, 3.63) is 0 Å². The van der Waals surface area contributed by atoms with Crippen LogP contribution >= 0.6 is 0 Å². The van der Waals surface area contributed by atoms with Crippen LogP contribution in [-0.2, 0) is 14.3 Å². The van der Waals surface area contributed by atoms with E-state index in [1.807, 2.05) is 13.8 Å². The van der Waals surface area contributed by atoms with Crippen molar-refractivity contribution in [3.63, 3.8) is 0 Å². The van der Waals surface area contributed by atoms with Crippen molar-refractivity contribution < 1.29 is 24.5 Å². The van der Waals surface area contributed by atoms with Crippen LogP contribution in [0.4, 0.5) is 0 Å². The molecule has 0 aliphatic heterocycles. The first-order valence-corrected chi connectivity index (χ1v) is 7.05. The van der Waals surface area contributed by atoms with Crippen LogP contribution in [-0.4, -0.2) is 41.4 Å². The van der Waals surface area contributed by atoms with Gasteiger partial charge in [-0.25, -0.2) is 4.79 Å². The SMILES string of the molecule is COC(=O)C(N)C(C)C.O=C(O)C(O)C1CCCCC1. The average Bonchev–Trinajstić information content (AvgIpc) is 2.46. The molecule has 1 fully saturated rings. The number of hydrogen-bond acceptors (Lipinski definition) is 5. The summed E-state index contributed by atoms with van der Waals surface area (Å²) in [5.41, 5.74) is 5.40. The van der Waals surface area contributed by atoms with Crippen molar-refractivity contribution >= 4 is 11.9 Å². The van der Waals surface area contributed by atoms with E-state index in [4.69, 9.17) is 15.9 Å². The predicted octanol–water partition coefficient (Wildman–Crippen LogP) is 1.15. The number of carbonyl (C=O) groups is 2. The number of carboxylic acid groups (broad SMARTS) is 1. The summed E-state index contributed by atoms with van der Waals surface area (Å²) in [4.78, 5) is 21.0. The molecule has 0 heterocycles. The van der Waals surface area contributed by atoms with Gasteiger partial charge in [-0.05, 0) is 24.7 Å². The molecular formula is C14H27NO5. The fourth-order valence-corrected chi connectivity index (χ4v) is 2.06. The normalized spacial score (nSPS) is 18.7. The lowest BCUT2D eigenvalue weighted by Crippen LogP contribution is -2.36. The first-order chi connectivity index (χ1) is 9.31. The quantitative estimate of drug-likeness (QED) is 0.670. The lowest BCUT2D eigenvalue weighted by molar-refractivity contribution is -0.150. The van der Waals surface area contributed by atoms with E-state index >= 15 is 0 Å². The van der Waals surface area contributed by atoms with Gasteiger partial charge < -0.3 is 20.7 Å². The van der Waals surface area contributed by atoms with Crippen molar-refractivity contribution in [1.29, 1.82) is 0 Å². The number of rotatable bonds is 4. The monoisotopic (exact) mass is 289 g/mol. The number of nitrogens with two attached hydrogens (primary N) is 1. The van der Waals surface area contributed by atoms with E-state index in [1.165, 1.54) is 13.5 Å². The molecule has 6 nitrogen and oxygen atoms in total. The van der Waals surface area contributed by atoms with Gasteiger partial charge in [-0.2, -0.15) is 0 Å². The number of aliphatic hydroxyl groups excluding tert-OH is 1. The van der Waals surface area contributed by atoms with Gasteiger partial charge in [0.1, 0.15) is 6.04 Å². The molecule has 0 bridgehead atoms. The van der Waals surface area contributed by atoms with E-state index in [2.05, 4.69) is 4.74 Å². The molecule has 0 aromatic rings. The highest BCUT2D eigenvalue weighted by atomic mass is 16.5. The minimum atomic E-state index is -1.13. The minimum absolute atomic E-state index is 0.00116. The second-order valence-corrected chi connectivity index (χ2v) is 5.47. The lowest BCUT2D eigenvalue weighted by Gasteiger charge is -2.23. The van der Waals surface area contributed by atoms with Crippen molar-refractivity contribution in [2.75, 3.05) is 7.11 Å². The summed E-state index contributed by atoms with van der Waals surface area (Å²) in [6, 6.07) is -0.477. The molecule has 0 amide bonds. The third-order valence-corrected chi connectivity index (χ3v) is 3.54. The molecule has 2 atom stereocenters. The summed E-state index contributed by atoms with van der Waals surface area (Å²) < 4.78 is 4.41. The van der Waals surface area contributed by atoms with E-state index < -0.39 is 18.1 Å². The zero-order chi connectivity index (χ0) is 15.7. The molecule has 1 aliphatic carbocycles. The van der Waals surface area contributed by atoms with Gasteiger partial charge >= 0.3 is 11.9 Å². The molecule has 118 valence electrons. The maximum Gasteiger partial charge on any atom is 0.332 e. The maximum atomic E-state index is 10.6. The van der Waals surface area contributed by atoms with Crippen LogP contribution in [0.25, 0.3) is 0 Å². The highest BCUT2D eigenvalue weighted by molar-refractivity contribution is 5.75. The number of aliphatic hydroxyl groups is 1. The molecule has 6 heteroatoms. The number of esters is 1. The Morgan fingerprint density at radius 3 is 2.00 bits per heavy atom. The summed E-state index contributed by atoms with van der Waals surface area (Å²) in [5.74, 6) is -1.26. The van der Waals surface area contributed by atoms with Crippen molar-refractivity contribution in [1.82, 2.24) is 0 Å². The standard InChI is InChI=1S/C8H14O3.C6H13NO2/c9-7(8(10)11)6-4-2-1-3-5-6;1-4(2)5(7)6(8)9-3/h6-7,9H,1-5H2,(H,10,11);4-5H,7H2,1-3H3. The zero-order valence-corrected chi connectivity index (χ0v) is 12.5. The summed E-state index contributed by atoms with van der Waals surface area (Å²) in [6.07, 6.45) is 3.92. The number of carbonyl (C=O) groups excluding carboxylic acids is 1. The Labute approximate surface area is 120 Å². The van der Waals surface area contributed by atoms with Gasteiger partial charge in [0.05, 0.1) is 7.11 Å². The molecule has 0 saturated heterocycles. The zero-order valence-electron chi connectivity index (χ0n) is 12.5. The van der Waals surface area contributed by atoms with Gasteiger partial charge in [0.25, 0.3) is 0 Å². The van der Waals surface area contributed by atoms with Gasteiger partial charge in [-0.1, -0.05) is 33.1 Å². The fraction of sp³-hybridized carbons (Fsp3) is 0.857. The molecule has 20 heavy (non-hydrogen) atoms. The smallest absolute Gasteiger partial charge is 0.332 e. The molecule has 0 radical (unpaired) electrons. The van der Waals surface area contributed by atoms with Crippen LogP contribution < -0.4 is 5.73 Å². The van der Waals surface area contributed by atoms with E-state index in [1.54, 1.807) is 0 Å². The Bertz CT molecular complexity index is 300. The third kappa shape index (κ3) is 6.86. The van der Waals surface area contributed by atoms with Crippen LogP contribution in [0.5, 0.6) is 0 Å². The highest BCUT2D eigenvalue weighted by Gasteiger charge is 2.26. The largest absolute Gasteiger partial charge is 0.479 e. The molecule has 2 unspecified atom stereocenters. The molecule has 4 N–H and O–H groups in total. The first-order valence-electron chi connectivity index (χ1n) is 7.05. The van der Waals surface area contributed by atoms with Crippen LogP contribution in [0.2, 0.25) is 0 Å². The van der Waals surface area contributed by atoms with E-state index in [0.717, 1.165) is 25.7 Å². The Morgan fingerprint density at radius 1 is 1.20 bits per heavy atom. The Morgan fingerprint density at radius 2 is 1.70 bits per heavy atom. The van der Waals surface area contributed by atoms with Crippen molar-refractivity contribution in [2.24, 2.45) is 17.6 Å². The predicted molar refractivity (Wildman–Crippen MR) is 75.0 cm³/mol. The summed E-state index contributed by atoms with van der Waals surface area (Å²) in [5, 5.41) is 17.6. The van der Waals surface area contributed by atoms with Crippen LogP contribution in [0, 0.1) is 11.8 Å². The molecule has 1 rings (SSSR count). The van der Waals surface area contributed by atoms with Crippen molar-refractivity contribution in [3.8, 4) is 0 Å². The molecule has 1 saturated carbocycles. The van der Waals surface area contributed by atoms with Gasteiger partial charge in [0.2, 0.25) is 0 Å². The Kier molecular flexibility index (Phi) is 9.16. The van der Waals surface area contributed by atoms with Crippen LogP contribution in [0.15, 0.2) is 0 Å². The number of carboxylic acids is 1. The highest BCUT2D eigenvalue weighted by Crippen LogP contribution is 2.26. The number of methoxy groups -OCH3 is 1. The van der Waals surface area contributed by atoms with E-state index in [9.17, 15) is 9.59 Å². The lowest BCUT2D eigenvalue weighted by atomic mass is 9.85.